The molecule has 0 aliphatic carbocycles. The molecule has 0 saturated carbocycles. The monoisotopic (exact) mass is 432 g/mol. The number of imidazole rings is 1. The summed E-state index contributed by atoms with van der Waals surface area (Å²) in [6.45, 7) is 2.82. The van der Waals surface area contributed by atoms with E-state index in [2.05, 4.69) is 19.4 Å². The number of carbonyl (C=O) groups excluding carboxylic acids is 2. The topological polar surface area (TPSA) is 110 Å². The Hall–Kier alpha value is -2.66. The van der Waals surface area contributed by atoms with Gasteiger partial charge in [0.2, 0.25) is 0 Å². The van der Waals surface area contributed by atoms with E-state index >= 15 is 0 Å². The van der Waals surface area contributed by atoms with Crippen LogP contribution in [0.1, 0.15) is 38.0 Å². The summed E-state index contributed by atoms with van der Waals surface area (Å²) in [5.41, 5.74) is 0.710. The maximum atomic E-state index is 13.2. The van der Waals surface area contributed by atoms with Crippen molar-refractivity contribution in [1.29, 1.82) is 0 Å². The fourth-order valence-corrected chi connectivity index (χ4v) is 5.78. The lowest BCUT2D eigenvalue weighted by Crippen LogP contribution is -2.42. The van der Waals surface area contributed by atoms with Crippen LogP contribution in [0, 0.1) is 6.92 Å². The van der Waals surface area contributed by atoms with Gasteiger partial charge in [-0.1, -0.05) is 0 Å². The number of amides is 2. The standard InChI is InChI=1S/C18H20N6O3S2/c1-12-19-11-15(28-12)18(26)23-8-5-13(6-9-23)29(2,27)22-17(25)14-10-20-16-4-3-7-21-24(14)16/h3-4,7,10-11,13H,5-6,8-9H2,1-2H3. The third-order valence-electron chi connectivity index (χ3n) is 4.94. The summed E-state index contributed by atoms with van der Waals surface area (Å²) in [4.78, 5) is 35.8. The van der Waals surface area contributed by atoms with Crippen LogP contribution in [0.3, 0.4) is 0 Å². The second-order valence-electron chi connectivity index (χ2n) is 6.93. The molecule has 152 valence electrons. The van der Waals surface area contributed by atoms with Gasteiger partial charge in [0, 0.05) is 30.8 Å². The maximum Gasteiger partial charge on any atom is 0.305 e. The van der Waals surface area contributed by atoms with Crippen molar-refractivity contribution >= 4 is 38.5 Å². The van der Waals surface area contributed by atoms with Gasteiger partial charge < -0.3 is 4.90 Å². The molecule has 1 aliphatic rings. The van der Waals surface area contributed by atoms with Crippen LogP contribution in [0.5, 0.6) is 0 Å². The average Bonchev–Trinajstić information content (AvgIpc) is 3.33. The zero-order valence-corrected chi connectivity index (χ0v) is 17.7. The second-order valence-corrected chi connectivity index (χ2v) is 10.7. The molecule has 29 heavy (non-hydrogen) atoms. The zero-order valence-electron chi connectivity index (χ0n) is 16.0. The van der Waals surface area contributed by atoms with Crippen molar-refractivity contribution in [2.75, 3.05) is 19.3 Å². The van der Waals surface area contributed by atoms with Gasteiger partial charge in [0.25, 0.3) is 5.91 Å². The van der Waals surface area contributed by atoms with Gasteiger partial charge in [-0.15, -0.1) is 11.3 Å². The quantitative estimate of drug-likeness (QED) is 0.626. The number of aryl methyl sites for hydroxylation is 1. The van der Waals surface area contributed by atoms with Crippen LogP contribution in [0.4, 0.5) is 0 Å². The number of likely N-dealkylation sites (tertiary alicyclic amines) is 1. The Morgan fingerprint density at radius 1 is 1.24 bits per heavy atom. The number of nitrogens with zero attached hydrogens (tertiary/aromatic N) is 6. The molecule has 0 aromatic carbocycles. The minimum absolute atomic E-state index is 0.0542. The number of thiazole rings is 1. The van der Waals surface area contributed by atoms with Crippen LogP contribution in [0.25, 0.3) is 5.65 Å². The van der Waals surface area contributed by atoms with Gasteiger partial charge in [0.05, 0.1) is 27.1 Å². The van der Waals surface area contributed by atoms with Crippen molar-refractivity contribution < 1.29 is 13.8 Å². The fraction of sp³-hybridized carbons (Fsp3) is 0.389. The normalized spacial score (nSPS) is 17.2. The first kappa shape index (κ1) is 19.6. The van der Waals surface area contributed by atoms with E-state index in [1.165, 1.54) is 28.3 Å². The molecule has 1 saturated heterocycles. The molecule has 2 amide bonds. The van der Waals surface area contributed by atoms with Crippen molar-refractivity contribution in [3.05, 3.63) is 46.3 Å². The Kier molecular flexibility index (Phi) is 5.17. The molecule has 1 unspecified atom stereocenters. The number of aromatic nitrogens is 4. The van der Waals surface area contributed by atoms with Crippen LogP contribution in [-0.2, 0) is 9.73 Å². The smallest absolute Gasteiger partial charge is 0.305 e. The van der Waals surface area contributed by atoms with Crippen LogP contribution in [0.15, 0.2) is 35.1 Å². The summed E-state index contributed by atoms with van der Waals surface area (Å²) < 4.78 is 18.6. The Labute approximate surface area is 172 Å². The molecule has 4 heterocycles. The second kappa shape index (κ2) is 7.64. The summed E-state index contributed by atoms with van der Waals surface area (Å²) in [7, 11) is -2.78. The molecule has 0 bridgehead atoms. The van der Waals surface area contributed by atoms with Crippen molar-refractivity contribution in [3.63, 3.8) is 0 Å². The van der Waals surface area contributed by atoms with Crippen molar-refractivity contribution in [1.82, 2.24) is 24.5 Å². The van der Waals surface area contributed by atoms with Crippen LogP contribution >= 0.6 is 11.3 Å². The first-order chi connectivity index (χ1) is 13.8. The largest absolute Gasteiger partial charge is 0.338 e. The fourth-order valence-electron chi connectivity index (χ4n) is 3.37. The van der Waals surface area contributed by atoms with Gasteiger partial charge in [0.1, 0.15) is 4.88 Å². The molecule has 11 heteroatoms. The number of rotatable bonds is 3. The molecular formula is C18H20N6O3S2. The zero-order chi connectivity index (χ0) is 20.6. The highest BCUT2D eigenvalue weighted by molar-refractivity contribution is 7.93. The molecule has 4 rings (SSSR count). The molecule has 1 aliphatic heterocycles. The van der Waals surface area contributed by atoms with Gasteiger partial charge >= 0.3 is 5.91 Å². The minimum atomic E-state index is -2.78. The SMILES string of the molecule is Cc1ncc(C(=O)N2CCC(S(C)(=O)=NC(=O)c3cnc4cccnn34)CC2)s1. The van der Waals surface area contributed by atoms with E-state index < -0.39 is 15.6 Å². The lowest BCUT2D eigenvalue weighted by molar-refractivity contribution is 0.0730. The van der Waals surface area contributed by atoms with E-state index in [4.69, 9.17) is 0 Å². The van der Waals surface area contributed by atoms with Crippen molar-refractivity contribution in [3.8, 4) is 0 Å². The highest BCUT2D eigenvalue weighted by Gasteiger charge is 2.30. The third-order valence-corrected chi connectivity index (χ3v) is 8.08. The number of fused-ring (bicyclic) bond motifs is 1. The van der Waals surface area contributed by atoms with Gasteiger partial charge in [0.15, 0.2) is 11.3 Å². The Morgan fingerprint density at radius 3 is 2.69 bits per heavy atom. The molecule has 1 atom stereocenters. The van der Waals surface area contributed by atoms with Crippen LogP contribution < -0.4 is 0 Å². The lowest BCUT2D eigenvalue weighted by atomic mass is 10.1. The number of carbonyl (C=O) groups is 2. The predicted molar refractivity (Wildman–Crippen MR) is 110 cm³/mol. The lowest BCUT2D eigenvalue weighted by Gasteiger charge is -2.32. The van der Waals surface area contributed by atoms with E-state index in [-0.39, 0.29) is 16.9 Å². The molecule has 9 nitrogen and oxygen atoms in total. The first-order valence-electron chi connectivity index (χ1n) is 9.11. The van der Waals surface area contributed by atoms with Crippen molar-refractivity contribution in [2.24, 2.45) is 4.36 Å². The Morgan fingerprint density at radius 2 is 2.00 bits per heavy atom. The first-order valence-corrected chi connectivity index (χ1v) is 11.9. The van der Waals surface area contributed by atoms with Gasteiger partial charge in [-0.25, -0.2) is 18.7 Å². The average molecular weight is 433 g/mol. The molecule has 0 N–H and O–H groups in total. The van der Waals surface area contributed by atoms with Gasteiger partial charge in [-0.2, -0.15) is 9.46 Å². The Bertz CT molecular complexity index is 1200. The van der Waals surface area contributed by atoms with Crippen LogP contribution in [0.2, 0.25) is 0 Å². The predicted octanol–water partition coefficient (Wildman–Crippen LogP) is 2.04. The van der Waals surface area contributed by atoms with E-state index in [9.17, 15) is 13.8 Å². The summed E-state index contributed by atoms with van der Waals surface area (Å²) >= 11 is 1.37. The summed E-state index contributed by atoms with van der Waals surface area (Å²) in [5.74, 6) is -0.649. The summed E-state index contributed by atoms with van der Waals surface area (Å²) in [5, 5.41) is 4.68. The van der Waals surface area contributed by atoms with E-state index in [0.717, 1.165) is 5.01 Å². The van der Waals surface area contributed by atoms with Gasteiger partial charge in [-0.05, 0) is 31.9 Å². The molecule has 0 radical (unpaired) electrons. The van der Waals surface area contributed by atoms with Crippen LogP contribution in [-0.4, -0.2) is 65.1 Å². The number of piperidine rings is 1. The number of hydrogen-bond donors (Lipinski definition) is 0. The molecule has 3 aromatic rings. The van der Waals surface area contributed by atoms with Gasteiger partial charge in [-0.3, -0.25) is 9.59 Å². The Balaban J connectivity index is 1.47. The maximum absolute atomic E-state index is 13.2. The van der Waals surface area contributed by atoms with E-state index in [1.807, 2.05) is 6.92 Å². The summed E-state index contributed by atoms with van der Waals surface area (Å²) in [6, 6.07) is 3.45. The molecule has 1 fully saturated rings. The highest BCUT2D eigenvalue weighted by atomic mass is 32.2. The molecule has 3 aromatic heterocycles. The minimum Gasteiger partial charge on any atom is -0.338 e. The van der Waals surface area contributed by atoms with E-state index in [1.54, 1.807) is 29.4 Å². The summed E-state index contributed by atoms with van der Waals surface area (Å²) in [6.07, 6.45) is 7.10. The molecular weight excluding hydrogens is 412 g/mol. The number of hydrogen-bond acceptors (Lipinski definition) is 7. The van der Waals surface area contributed by atoms with Crippen molar-refractivity contribution in [2.45, 2.75) is 25.0 Å². The highest BCUT2D eigenvalue weighted by Crippen LogP contribution is 2.23. The van der Waals surface area contributed by atoms with E-state index in [0.29, 0.717) is 36.5 Å². The molecule has 0 spiro atoms. The third kappa shape index (κ3) is 3.92.